The van der Waals surface area contributed by atoms with E-state index < -0.39 is 11.7 Å². The lowest BCUT2D eigenvalue weighted by Crippen LogP contribution is -2.13. The maximum Gasteiger partial charge on any atom is 0.322 e. The van der Waals surface area contributed by atoms with Crippen LogP contribution in [0.3, 0.4) is 0 Å². The quantitative estimate of drug-likeness (QED) is 0.761. The second-order valence-electron chi connectivity index (χ2n) is 4.53. The van der Waals surface area contributed by atoms with Gasteiger partial charge in [0.25, 0.3) is 11.8 Å². The number of carbonyl (C=O) groups excluding carboxylic acids is 1. The molecule has 124 valence electrons. The third-order valence-electron chi connectivity index (χ3n) is 3.11. The highest BCUT2D eigenvalue weighted by Gasteiger charge is 2.18. The molecule has 2 heterocycles. The second kappa shape index (κ2) is 6.67. The van der Waals surface area contributed by atoms with Crippen molar-refractivity contribution in [3.05, 3.63) is 41.0 Å². The molecule has 0 saturated heterocycles. The van der Waals surface area contributed by atoms with Crippen LogP contribution >= 0.6 is 11.3 Å². The van der Waals surface area contributed by atoms with Gasteiger partial charge in [-0.25, -0.2) is 4.39 Å². The minimum atomic E-state index is -0.503. The zero-order valence-electron chi connectivity index (χ0n) is 12.7. The van der Waals surface area contributed by atoms with Gasteiger partial charge in [-0.3, -0.25) is 10.1 Å². The van der Waals surface area contributed by atoms with E-state index >= 15 is 0 Å². The molecule has 0 bridgehead atoms. The van der Waals surface area contributed by atoms with E-state index in [9.17, 15) is 9.18 Å². The average Bonchev–Trinajstić information content (AvgIpc) is 3.22. The van der Waals surface area contributed by atoms with Crippen molar-refractivity contribution in [3.8, 4) is 22.3 Å². The van der Waals surface area contributed by atoms with Gasteiger partial charge in [-0.15, -0.1) is 16.4 Å². The fourth-order valence-corrected chi connectivity index (χ4v) is 2.65. The number of benzene rings is 1. The van der Waals surface area contributed by atoms with Gasteiger partial charge in [-0.05, 0) is 23.6 Å². The molecular weight excluding hydrogens is 337 g/mol. The molecular formula is C15H12FN3O4S. The summed E-state index contributed by atoms with van der Waals surface area (Å²) in [6.45, 7) is 0. The number of anilines is 1. The van der Waals surface area contributed by atoms with Crippen molar-refractivity contribution in [2.24, 2.45) is 0 Å². The molecule has 24 heavy (non-hydrogen) atoms. The van der Waals surface area contributed by atoms with Crippen LogP contribution < -0.4 is 14.8 Å². The summed E-state index contributed by atoms with van der Waals surface area (Å²) in [4.78, 5) is 12.5. The van der Waals surface area contributed by atoms with Gasteiger partial charge in [-0.1, -0.05) is 5.10 Å². The Bertz CT molecular complexity index is 877. The molecule has 0 fully saturated rings. The summed E-state index contributed by atoms with van der Waals surface area (Å²) in [6, 6.07) is 5.90. The van der Waals surface area contributed by atoms with Gasteiger partial charge in [0.05, 0.1) is 19.8 Å². The van der Waals surface area contributed by atoms with Crippen molar-refractivity contribution < 1.29 is 23.1 Å². The van der Waals surface area contributed by atoms with Gasteiger partial charge < -0.3 is 13.9 Å². The number of aromatic nitrogens is 2. The third kappa shape index (κ3) is 3.06. The van der Waals surface area contributed by atoms with E-state index in [0.29, 0.717) is 11.5 Å². The van der Waals surface area contributed by atoms with Crippen molar-refractivity contribution in [1.29, 1.82) is 0 Å². The predicted molar refractivity (Wildman–Crippen MR) is 85.1 cm³/mol. The Kier molecular flexibility index (Phi) is 4.43. The first kappa shape index (κ1) is 15.9. The van der Waals surface area contributed by atoms with E-state index in [0.717, 1.165) is 11.3 Å². The smallest absolute Gasteiger partial charge is 0.322 e. The largest absolute Gasteiger partial charge is 0.497 e. The minimum absolute atomic E-state index is 0.000467. The van der Waals surface area contributed by atoms with Gasteiger partial charge in [-0.2, -0.15) is 0 Å². The molecule has 1 amide bonds. The molecule has 3 aromatic rings. The van der Waals surface area contributed by atoms with E-state index in [4.69, 9.17) is 13.9 Å². The number of amides is 1. The zero-order valence-corrected chi connectivity index (χ0v) is 13.5. The maximum absolute atomic E-state index is 13.5. The van der Waals surface area contributed by atoms with Crippen molar-refractivity contribution in [2.75, 3.05) is 19.5 Å². The first-order chi connectivity index (χ1) is 11.6. The first-order valence-electron chi connectivity index (χ1n) is 6.72. The predicted octanol–water partition coefficient (Wildman–Crippen LogP) is 3.21. The first-order valence-corrected chi connectivity index (χ1v) is 7.60. The monoisotopic (exact) mass is 349 g/mol. The van der Waals surface area contributed by atoms with Gasteiger partial charge in [0.2, 0.25) is 0 Å². The highest BCUT2D eigenvalue weighted by Crippen LogP contribution is 2.29. The number of halogens is 1. The molecule has 0 unspecified atom stereocenters. The Morgan fingerprint density at radius 3 is 2.75 bits per heavy atom. The van der Waals surface area contributed by atoms with Gasteiger partial charge in [0.1, 0.15) is 22.2 Å². The average molecular weight is 349 g/mol. The lowest BCUT2D eigenvalue weighted by Gasteiger charge is -2.09. The molecule has 0 spiro atoms. The van der Waals surface area contributed by atoms with E-state index in [-0.39, 0.29) is 22.3 Å². The van der Waals surface area contributed by atoms with Crippen molar-refractivity contribution in [2.45, 2.75) is 0 Å². The minimum Gasteiger partial charge on any atom is -0.497 e. The lowest BCUT2D eigenvalue weighted by molar-refractivity contribution is 0.102. The summed E-state index contributed by atoms with van der Waals surface area (Å²) in [5.41, 5.74) is 0.264. The van der Waals surface area contributed by atoms with Crippen LogP contribution in [0, 0.1) is 5.82 Å². The third-order valence-corrected chi connectivity index (χ3v) is 3.99. The number of thiophene rings is 1. The highest BCUT2D eigenvalue weighted by atomic mass is 32.1. The van der Waals surface area contributed by atoms with Gasteiger partial charge in [0.15, 0.2) is 0 Å². The number of nitrogens with zero attached hydrogens (tertiary/aromatic N) is 2. The normalized spacial score (nSPS) is 10.5. The molecule has 1 N–H and O–H groups in total. The lowest BCUT2D eigenvalue weighted by atomic mass is 10.2. The highest BCUT2D eigenvalue weighted by molar-refractivity contribution is 7.13. The van der Waals surface area contributed by atoms with Gasteiger partial charge in [0, 0.05) is 6.07 Å². The molecule has 1 aromatic carbocycles. The maximum atomic E-state index is 13.5. The number of methoxy groups -OCH3 is 2. The summed E-state index contributed by atoms with van der Waals surface area (Å²) < 4.78 is 29.0. The standard InChI is InChI=1S/C15H12FN3O4S/c1-21-8-3-4-9(11(7-8)22-2)13(20)17-15-19-18-14(23-15)12-10(16)5-6-24-12/h3-7H,1-2H3,(H,17,19,20). The Hall–Kier alpha value is -2.94. The summed E-state index contributed by atoms with van der Waals surface area (Å²) in [7, 11) is 2.95. The van der Waals surface area contributed by atoms with Crippen LogP contribution in [0.4, 0.5) is 10.4 Å². The molecule has 0 aliphatic rings. The summed E-state index contributed by atoms with van der Waals surface area (Å²) in [5, 5.41) is 11.4. The van der Waals surface area contributed by atoms with Crippen LogP contribution in [0.15, 0.2) is 34.1 Å². The number of carbonyl (C=O) groups is 1. The summed E-state index contributed by atoms with van der Waals surface area (Å²) in [6.07, 6.45) is 0. The van der Waals surface area contributed by atoms with Crippen LogP contribution in [0.1, 0.15) is 10.4 Å². The molecule has 0 aliphatic heterocycles. The number of rotatable bonds is 5. The number of hydrogen-bond acceptors (Lipinski definition) is 7. The Morgan fingerprint density at radius 2 is 2.08 bits per heavy atom. The molecule has 2 aromatic heterocycles. The Morgan fingerprint density at radius 1 is 1.25 bits per heavy atom. The molecule has 3 rings (SSSR count). The molecule has 0 aliphatic carbocycles. The SMILES string of the molecule is COc1ccc(C(=O)Nc2nnc(-c3sccc3F)o2)c(OC)c1. The van der Waals surface area contributed by atoms with E-state index in [1.165, 1.54) is 20.3 Å². The van der Waals surface area contributed by atoms with Crippen molar-refractivity contribution in [1.82, 2.24) is 10.2 Å². The zero-order chi connectivity index (χ0) is 17.1. The number of ether oxygens (including phenoxy) is 2. The second-order valence-corrected chi connectivity index (χ2v) is 5.45. The molecule has 0 saturated carbocycles. The van der Waals surface area contributed by atoms with Crippen molar-refractivity contribution >= 4 is 23.3 Å². The van der Waals surface area contributed by atoms with Crippen LogP contribution in [-0.4, -0.2) is 30.3 Å². The summed E-state index contributed by atoms with van der Waals surface area (Å²) in [5.74, 6) is -0.0817. The fourth-order valence-electron chi connectivity index (χ4n) is 1.96. The van der Waals surface area contributed by atoms with Crippen molar-refractivity contribution in [3.63, 3.8) is 0 Å². The molecule has 7 nitrogen and oxygen atoms in total. The molecule has 0 radical (unpaired) electrons. The Balaban J connectivity index is 1.81. The van der Waals surface area contributed by atoms with E-state index in [1.54, 1.807) is 23.6 Å². The molecule has 9 heteroatoms. The number of nitrogens with one attached hydrogen (secondary N) is 1. The van der Waals surface area contributed by atoms with Crippen LogP contribution in [0.2, 0.25) is 0 Å². The van der Waals surface area contributed by atoms with Crippen LogP contribution in [0.5, 0.6) is 11.5 Å². The van der Waals surface area contributed by atoms with E-state index in [2.05, 4.69) is 15.5 Å². The topological polar surface area (TPSA) is 86.5 Å². The Labute approximate surface area is 140 Å². The number of hydrogen-bond donors (Lipinski definition) is 1. The van der Waals surface area contributed by atoms with Crippen LogP contribution in [0.25, 0.3) is 10.8 Å². The fraction of sp³-hybridized carbons (Fsp3) is 0.133. The van der Waals surface area contributed by atoms with Crippen LogP contribution in [-0.2, 0) is 0 Å². The van der Waals surface area contributed by atoms with Gasteiger partial charge >= 0.3 is 6.01 Å². The molecule has 0 atom stereocenters. The summed E-state index contributed by atoms with van der Waals surface area (Å²) >= 11 is 1.12. The van der Waals surface area contributed by atoms with E-state index in [1.807, 2.05) is 0 Å².